The van der Waals surface area contributed by atoms with Crippen LogP contribution >= 0.6 is 11.6 Å². The Morgan fingerprint density at radius 2 is 1.77 bits per heavy atom. The average Bonchev–Trinajstić information content (AvgIpc) is 2.72. The molecule has 2 N–H and O–H groups in total. The Bertz CT molecular complexity index is 880. The molecule has 7 heteroatoms. The molecule has 5 nitrogen and oxygen atoms in total. The van der Waals surface area contributed by atoms with Gasteiger partial charge in [-0.15, -0.1) is 0 Å². The normalized spacial score (nSPS) is 15.7. The minimum atomic E-state index is -0.648. The van der Waals surface area contributed by atoms with Gasteiger partial charge >= 0.3 is 6.03 Å². The fraction of sp³-hybridized carbons (Fsp3) is 0.391. The number of piperidine rings is 1. The number of carbonyl (C=O) groups excluding carboxylic acids is 2. The highest BCUT2D eigenvalue weighted by Gasteiger charge is 2.31. The zero-order chi connectivity index (χ0) is 21.7. The Balaban J connectivity index is 1.57. The van der Waals surface area contributed by atoms with Gasteiger partial charge in [0.1, 0.15) is 11.9 Å². The van der Waals surface area contributed by atoms with E-state index < -0.39 is 17.9 Å². The third-order valence-corrected chi connectivity index (χ3v) is 5.70. The van der Waals surface area contributed by atoms with Crippen molar-refractivity contribution in [2.45, 2.75) is 38.6 Å². The van der Waals surface area contributed by atoms with E-state index in [-0.39, 0.29) is 11.8 Å². The highest BCUT2D eigenvalue weighted by molar-refractivity contribution is 6.30. The predicted molar refractivity (Wildman–Crippen MR) is 117 cm³/mol. The molecule has 0 aliphatic carbocycles. The van der Waals surface area contributed by atoms with Gasteiger partial charge in [0.15, 0.2) is 0 Å². The molecular formula is C23H27ClFN3O2. The molecule has 1 fully saturated rings. The topological polar surface area (TPSA) is 61.4 Å². The number of likely N-dealkylation sites (tertiary alicyclic amines) is 1. The summed E-state index contributed by atoms with van der Waals surface area (Å²) in [4.78, 5) is 27.3. The van der Waals surface area contributed by atoms with Crippen LogP contribution in [0, 0.1) is 11.7 Å². The summed E-state index contributed by atoms with van der Waals surface area (Å²) in [6, 6.07) is 12.3. The maximum atomic E-state index is 13.3. The number of hydrogen-bond acceptors (Lipinski definition) is 2. The second-order valence-corrected chi connectivity index (χ2v) is 8.42. The van der Waals surface area contributed by atoms with E-state index in [1.165, 1.54) is 23.8 Å². The second-order valence-electron chi connectivity index (χ2n) is 7.98. The van der Waals surface area contributed by atoms with Crippen molar-refractivity contribution in [3.63, 3.8) is 0 Å². The number of rotatable bonds is 5. The summed E-state index contributed by atoms with van der Waals surface area (Å²) in [5.74, 6) is -0.209. The molecule has 0 radical (unpaired) electrons. The number of nitrogens with zero attached hydrogens (tertiary/aromatic N) is 1. The largest absolute Gasteiger partial charge is 0.341 e. The zero-order valence-corrected chi connectivity index (χ0v) is 18.0. The summed E-state index contributed by atoms with van der Waals surface area (Å²) in [5.41, 5.74) is 1.57. The molecule has 3 amide bonds. The van der Waals surface area contributed by atoms with Crippen LogP contribution in [0.3, 0.4) is 0 Å². The molecule has 1 unspecified atom stereocenters. The number of carbonyl (C=O) groups is 2. The molecule has 1 atom stereocenters. The number of amides is 3. The van der Waals surface area contributed by atoms with E-state index in [1.54, 1.807) is 6.07 Å². The molecule has 1 aliphatic rings. The van der Waals surface area contributed by atoms with Crippen LogP contribution in [0.25, 0.3) is 0 Å². The average molecular weight is 432 g/mol. The number of anilines is 1. The van der Waals surface area contributed by atoms with E-state index in [4.69, 9.17) is 11.6 Å². The lowest BCUT2D eigenvalue weighted by molar-refractivity contribution is -0.135. The maximum absolute atomic E-state index is 13.3. The summed E-state index contributed by atoms with van der Waals surface area (Å²) in [6.07, 6.45) is 1.74. The lowest BCUT2D eigenvalue weighted by Crippen LogP contribution is -2.53. The van der Waals surface area contributed by atoms with E-state index in [0.29, 0.717) is 29.7 Å². The van der Waals surface area contributed by atoms with Crippen LogP contribution in [0.4, 0.5) is 14.9 Å². The Morgan fingerprint density at radius 3 is 2.37 bits per heavy atom. The Morgan fingerprint density at radius 1 is 1.10 bits per heavy atom. The minimum Gasteiger partial charge on any atom is -0.341 e. The molecule has 0 saturated carbocycles. The zero-order valence-electron chi connectivity index (χ0n) is 17.2. The number of benzene rings is 2. The Labute approximate surface area is 181 Å². The van der Waals surface area contributed by atoms with E-state index in [9.17, 15) is 14.0 Å². The lowest BCUT2D eigenvalue weighted by atomic mass is 9.89. The first-order chi connectivity index (χ1) is 14.3. The van der Waals surface area contributed by atoms with E-state index in [0.717, 1.165) is 12.8 Å². The molecule has 1 heterocycles. The summed E-state index contributed by atoms with van der Waals surface area (Å²) < 4.78 is 13.3. The Hall–Kier alpha value is -2.60. The number of urea groups is 1. The van der Waals surface area contributed by atoms with Crippen molar-refractivity contribution in [1.29, 1.82) is 0 Å². The highest BCUT2D eigenvalue weighted by Crippen LogP contribution is 2.29. The van der Waals surface area contributed by atoms with Crippen molar-refractivity contribution in [1.82, 2.24) is 10.2 Å². The highest BCUT2D eigenvalue weighted by atomic mass is 35.5. The van der Waals surface area contributed by atoms with Gasteiger partial charge in [-0.3, -0.25) is 4.79 Å². The van der Waals surface area contributed by atoms with E-state index in [1.807, 2.05) is 43.0 Å². The van der Waals surface area contributed by atoms with Crippen LogP contribution in [0.5, 0.6) is 0 Å². The molecule has 3 rings (SSSR count). The SMILES string of the molecule is CC(C)C(NC(=O)Nc1cccc(F)c1)C(=O)N1CCC(c2ccc(Cl)cc2)CC1. The van der Waals surface area contributed by atoms with Gasteiger partial charge in [0.05, 0.1) is 0 Å². The van der Waals surface area contributed by atoms with Gasteiger partial charge in [-0.05, 0) is 60.6 Å². The first kappa shape index (κ1) is 22.1. The van der Waals surface area contributed by atoms with Gasteiger partial charge in [0.2, 0.25) is 5.91 Å². The summed E-state index contributed by atoms with van der Waals surface area (Å²) in [5, 5.41) is 6.06. The Kier molecular flexibility index (Phi) is 7.32. The smallest absolute Gasteiger partial charge is 0.319 e. The van der Waals surface area contributed by atoms with Crippen molar-refractivity contribution >= 4 is 29.2 Å². The molecular weight excluding hydrogens is 405 g/mol. The van der Waals surface area contributed by atoms with Crippen molar-refractivity contribution in [2.24, 2.45) is 5.92 Å². The molecule has 2 aromatic rings. The molecule has 0 spiro atoms. The first-order valence-electron chi connectivity index (χ1n) is 10.2. The molecule has 1 saturated heterocycles. The molecule has 30 heavy (non-hydrogen) atoms. The minimum absolute atomic E-state index is 0.0789. The van der Waals surface area contributed by atoms with Crippen LogP contribution in [-0.2, 0) is 4.79 Å². The summed E-state index contributed by atoms with van der Waals surface area (Å²) in [7, 11) is 0. The van der Waals surface area contributed by atoms with Crippen LogP contribution in [0.1, 0.15) is 38.2 Å². The maximum Gasteiger partial charge on any atom is 0.319 e. The van der Waals surface area contributed by atoms with Crippen LogP contribution in [0.15, 0.2) is 48.5 Å². The van der Waals surface area contributed by atoms with Crippen LogP contribution in [-0.4, -0.2) is 36.0 Å². The molecule has 0 aromatic heterocycles. The van der Waals surface area contributed by atoms with E-state index in [2.05, 4.69) is 10.6 Å². The fourth-order valence-corrected chi connectivity index (χ4v) is 3.88. The standard InChI is InChI=1S/C23H27ClFN3O2/c1-15(2)21(27-23(30)26-20-5-3-4-19(25)14-20)22(29)28-12-10-17(11-13-28)16-6-8-18(24)9-7-16/h3-9,14-15,17,21H,10-13H2,1-2H3,(H2,26,27,30). The summed E-state index contributed by atoms with van der Waals surface area (Å²) in [6.45, 7) is 5.07. The molecule has 1 aliphatic heterocycles. The van der Waals surface area contributed by atoms with Crippen LogP contribution in [0.2, 0.25) is 5.02 Å². The van der Waals surface area contributed by atoms with Crippen molar-refractivity contribution < 1.29 is 14.0 Å². The quantitative estimate of drug-likeness (QED) is 0.697. The number of hydrogen-bond donors (Lipinski definition) is 2. The number of nitrogens with one attached hydrogen (secondary N) is 2. The molecule has 0 bridgehead atoms. The van der Waals surface area contributed by atoms with Gasteiger partial charge in [0.25, 0.3) is 0 Å². The lowest BCUT2D eigenvalue weighted by Gasteiger charge is -2.35. The van der Waals surface area contributed by atoms with Crippen molar-refractivity contribution in [3.05, 3.63) is 64.9 Å². The second kappa shape index (κ2) is 9.94. The van der Waals surface area contributed by atoms with Crippen molar-refractivity contribution in [3.8, 4) is 0 Å². The van der Waals surface area contributed by atoms with E-state index >= 15 is 0 Å². The molecule has 2 aromatic carbocycles. The van der Waals surface area contributed by atoms with Gasteiger partial charge < -0.3 is 15.5 Å². The third kappa shape index (κ3) is 5.72. The number of halogens is 2. The molecule has 160 valence electrons. The van der Waals surface area contributed by atoms with Gasteiger partial charge in [-0.2, -0.15) is 0 Å². The monoisotopic (exact) mass is 431 g/mol. The van der Waals surface area contributed by atoms with Crippen LogP contribution < -0.4 is 10.6 Å². The first-order valence-corrected chi connectivity index (χ1v) is 10.6. The third-order valence-electron chi connectivity index (χ3n) is 5.45. The fourth-order valence-electron chi connectivity index (χ4n) is 3.75. The van der Waals surface area contributed by atoms with Crippen molar-refractivity contribution in [2.75, 3.05) is 18.4 Å². The predicted octanol–water partition coefficient (Wildman–Crippen LogP) is 5.03. The van der Waals surface area contributed by atoms with Gasteiger partial charge in [0, 0.05) is 23.8 Å². The summed E-state index contributed by atoms with van der Waals surface area (Å²) >= 11 is 5.97. The van der Waals surface area contributed by atoms with Gasteiger partial charge in [-0.25, -0.2) is 9.18 Å². The van der Waals surface area contributed by atoms with Gasteiger partial charge in [-0.1, -0.05) is 43.6 Å².